The molecule has 0 aliphatic heterocycles. The largest absolute Gasteiger partial charge is 0.323 e. The number of aryl methyl sites for hydroxylation is 2. The second-order valence-electron chi connectivity index (χ2n) is 4.70. The number of rotatable bonds is 3. The molecule has 0 radical (unpaired) electrons. The second-order valence-corrected chi connectivity index (χ2v) is 5.55. The van der Waals surface area contributed by atoms with Gasteiger partial charge in [0.1, 0.15) is 0 Å². The summed E-state index contributed by atoms with van der Waals surface area (Å²) in [5, 5.41) is 2.88. The van der Waals surface area contributed by atoms with Gasteiger partial charge in [-0.3, -0.25) is 4.79 Å². The maximum atomic E-state index is 11.9. The van der Waals surface area contributed by atoms with Crippen molar-refractivity contribution >= 4 is 27.5 Å². The highest BCUT2D eigenvalue weighted by Gasteiger charge is 2.18. The van der Waals surface area contributed by atoms with Crippen LogP contribution in [-0.4, -0.2) is 11.9 Å². The van der Waals surface area contributed by atoms with Crippen LogP contribution in [0.2, 0.25) is 0 Å². The van der Waals surface area contributed by atoms with Gasteiger partial charge in [0, 0.05) is 4.47 Å². The van der Waals surface area contributed by atoms with Gasteiger partial charge >= 0.3 is 0 Å². The van der Waals surface area contributed by atoms with Gasteiger partial charge < -0.3 is 11.1 Å². The van der Waals surface area contributed by atoms with E-state index in [9.17, 15) is 4.79 Å². The average molecular weight is 299 g/mol. The van der Waals surface area contributed by atoms with Crippen molar-refractivity contribution < 1.29 is 4.79 Å². The highest BCUT2D eigenvalue weighted by atomic mass is 79.9. The highest BCUT2D eigenvalue weighted by Crippen LogP contribution is 2.27. The summed E-state index contributed by atoms with van der Waals surface area (Å²) in [6, 6.07) is 3.52. The van der Waals surface area contributed by atoms with E-state index >= 15 is 0 Å². The van der Waals surface area contributed by atoms with Crippen LogP contribution in [0.25, 0.3) is 0 Å². The van der Waals surface area contributed by atoms with Gasteiger partial charge in [-0.25, -0.2) is 0 Å². The molecule has 4 heteroatoms. The Bertz CT molecular complexity index is 406. The number of amides is 1. The van der Waals surface area contributed by atoms with Crippen LogP contribution in [-0.2, 0) is 4.79 Å². The second kappa shape index (κ2) is 5.65. The molecule has 1 aromatic rings. The van der Waals surface area contributed by atoms with Crippen LogP contribution in [0.1, 0.15) is 25.0 Å². The van der Waals surface area contributed by atoms with E-state index < -0.39 is 6.04 Å². The lowest BCUT2D eigenvalue weighted by molar-refractivity contribution is -0.118. The normalized spacial score (nSPS) is 12.6. The number of hydrogen-bond acceptors (Lipinski definition) is 2. The number of carbonyl (C=O) groups is 1. The predicted octanol–water partition coefficient (Wildman–Crippen LogP) is 2.99. The van der Waals surface area contributed by atoms with Crippen molar-refractivity contribution in [1.29, 1.82) is 0 Å². The fourth-order valence-electron chi connectivity index (χ4n) is 1.58. The zero-order valence-corrected chi connectivity index (χ0v) is 12.3. The van der Waals surface area contributed by atoms with Crippen molar-refractivity contribution in [3.8, 4) is 0 Å². The zero-order valence-electron chi connectivity index (χ0n) is 10.7. The molecule has 0 spiro atoms. The molecule has 0 unspecified atom stereocenters. The molecular weight excluding hydrogens is 280 g/mol. The topological polar surface area (TPSA) is 55.1 Å². The van der Waals surface area contributed by atoms with Crippen LogP contribution in [0.3, 0.4) is 0 Å². The Balaban J connectivity index is 2.93. The molecule has 0 aromatic heterocycles. The summed E-state index contributed by atoms with van der Waals surface area (Å²) in [7, 11) is 0. The number of carbonyl (C=O) groups excluding carboxylic acids is 1. The van der Waals surface area contributed by atoms with Crippen LogP contribution in [0.4, 0.5) is 5.69 Å². The van der Waals surface area contributed by atoms with Crippen LogP contribution in [0.5, 0.6) is 0 Å². The standard InChI is InChI=1S/C13H19BrN2O/c1-7(2)11(15)13(17)16-12-9(4)5-8(3)6-10(12)14/h5-7,11H,15H2,1-4H3,(H,16,17)/t11-/m0/s1. The Kier molecular flexibility index (Phi) is 4.71. The maximum Gasteiger partial charge on any atom is 0.241 e. The Hall–Kier alpha value is -0.870. The molecule has 17 heavy (non-hydrogen) atoms. The number of hydrogen-bond donors (Lipinski definition) is 2. The van der Waals surface area contributed by atoms with Crippen molar-refractivity contribution in [1.82, 2.24) is 0 Å². The van der Waals surface area contributed by atoms with Crippen molar-refractivity contribution in [3.05, 3.63) is 27.7 Å². The third-order valence-electron chi connectivity index (χ3n) is 2.70. The van der Waals surface area contributed by atoms with E-state index in [1.54, 1.807) is 0 Å². The van der Waals surface area contributed by atoms with Crippen LogP contribution in [0.15, 0.2) is 16.6 Å². The molecule has 0 aliphatic carbocycles. The molecule has 1 rings (SSSR count). The Morgan fingerprint density at radius 1 is 1.35 bits per heavy atom. The van der Waals surface area contributed by atoms with E-state index in [0.717, 1.165) is 21.3 Å². The lowest BCUT2D eigenvalue weighted by Crippen LogP contribution is -2.40. The van der Waals surface area contributed by atoms with Crippen LogP contribution in [0, 0.1) is 19.8 Å². The van der Waals surface area contributed by atoms with E-state index in [4.69, 9.17) is 5.73 Å². The Labute approximate surface area is 111 Å². The SMILES string of the molecule is Cc1cc(C)c(NC(=O)[C@@H](N)C(C)C)c(Br)c1. The molecule has 1 amide bonds. The first-order valence-electron chi connectivity index (χ1n) is 5.66. The number of nitrogens with two attached hydrogens (primary N) is 1. The summed E-state index contributed by atoms with van der Waals surface area (Å²) in [4.78, 5) is 11.9. The van der Waals surface area contributed by atoms with Crippen LogP contribution < -0.4 is 11.1 Å². The average Bonchev–Trinajstić information content (AvgIpc) is 2.21. The van der Waals surface area contributed by atoms with E-state index in [1.165, 1.54) is 0 Å². The summed E-state index contributed by atoms with van der Waals surface area (Å²) >= 11 is 3.46. The lowest BCUT2D eigenvalue weighted by atomic mass is 10.0. The van der Waals surface area contributed by atoms with E-state index in [-0.39, 0.29) is 11.8 Å². The van der Waals surface area contributed by atoms with Gasteiger partial charge in [-0.1, -0.05) is 19.9 Å². The molecule has 0 heterocycles. The molecule has 0 aliphatic rings. The highest BCUT2D eigenvalue weighted by molar-refractivity contribution is 9.10. The fraction of sp³-hybridized carbons (Fsp3) is 0.462. The summed E-state index contributed by atoms with van der Waals surface area (Å²) in [6.07, 6.45) is 0. The fourth-order valence-corrected chi connectivity index (χ4v) is 2.36. The zero-order chi connectivity index (χ0) is 13.2. The third kappa shape index (κ3) is 3.54. The smallest absolute Gasteiger partial charge is 0.241 e. The molecule has 3 nitrogen and oxygen atoms in total. The third-order valence-corrected chi connectivity index (χ3v) is 3.33. The van der Waals surface area contributed by atoms with Gasteiger partial charge in [0.2, 0.25) is 5.91 Å². The predicted molar refractivity (Wildman–Crippen MR) is 75.1 cm³/mol. The Morgan fingerprint density at radius 3 is 2.41 bits per heavy atom. The monoisotopic (exact) mass is 298 g/mol. The number of halogens is 1. The minimum atomic E-state index is -0.484. The van der Waals surface area contributed by atoms with Gasteiger partial charge in [0.15, 0.2) is 0 Å². The van der Waals surface area contributed by atoms with Crippen molar-refractivity contribution in [3.63, 3.8) is 0 Å². The molecule has 1 aromatic carbocycles. The van der Waals surface area contributed by atoms with E-state index in [0.29, 0.717) is 0 Å². The maximum absolute atomic E-state index is 11.9. The van der Waals surface area contributed by atoms with Gasteiger partial charge in [0.05, 0.1) is 11.7 Å². The van der Waals surface area contributed by atoms with E-state index in [1.807, 2.05) is 39.8 Å². The van der Waals surface area contributed by atoms with Gasteiger partial charge in [0.25, 0.3) is 0 Å². The van der Waals surface area contributed by atoms with Gasteiger partial charge in [-0.2, -0.15) is 0 Å². The molecule has 0 saturated carbocycles. The number of anilines is 1. The first-order valence-corrected chi connectivity index (χ1v) is 6.45. The molecule has 0 bridgehead atoms. The van der Waals surface area contributed by atoms with Crippen molar-refractivity contribution in [2.45, 2.75) is 33.7 Å². The molecule has 94 valence electrons. The quantitative estimate of drug-likeness (QED) is 0.901. The lowest BCUT2D eigenvalue weighted by Gasteiger charge is -2.17. The molecule has 1 atom stereocenters. The van der Waals surface area contributed by atoms with Crippen molar-refractivity contribution in [2.75, 3.05) is 5.32 Å². The molecule has 0 saturated heterocycles. The van der Waals surface area contributed by atoms with Gasteiger partial charge in [-0.05, 0) is 52.9 Å². The summed E-state index contributed by atoms with van der Waals surface area (Å²) in [5.74, 6) is -0.0211. The molecule has 0 fully saturated rings. The van der Waals surface area contributed by atoms with Crippen LogP contribution >= 0.6 is 15.9 Å². The van der Waals surface area contributed by atoms with Gasteiger partial charge in [-0.15, -0.1) is 0 Å². The minimum Gasteiger partial charge on any atom is -0.323 e. The number of nitrogens with one attached hydrogen (secondary N) is 1. The van der Waals surface area contributed by atoms with Crippen molar-refractivity contribution in [2.24, 2.45) is 11.7 Å². The summed E-state index contributed by atoms with van der Waals surface area (Å²) in [6.45, 7) is 7.85. The molecular formula is C13H19BrN2O. The Morgan fingerprint density at radius 2 is 1.94 bits per heavy atom. The summed E-state index contributed by atoms with van der Waals surface area (Å²) < 4.78 is 0.888. The number of benzene rings is 1. The van der Waals surface area contributed by atoms with E-state index in [2.05, 4.69) is 21.2 Å². The first kappa shape index (κ1) is 14.2. The first-order chi connectivity index (χ1) is 7.82. The minimum absolute atomic E-state index is 0.125. The molecule has 3 N–H and O–H groups in total. The summed E-state index contributed by atoms with van der Waals surface area (Å²) in [5.41, 5.74) is 8.80.